The van der Waals surface area contributed by atoms with Crippen molar-refractivity contribution in [1.29, 1.82) is 0 Å². The highest BCUT2D eigenvalue weighted by molar-refractivity contribution is 6.08. The number of hydrogen-bond acceptors (Lipinski definition) is 3. The van der Waals surface area contributed by atoms with Gasteiger partial charge < -0.3 is 4.74 Å². The molecule has 0 radical (unpaired) electrons. The molecule has 1 aliphatic heterocycles. The van der Waals surface area contributed by atoms with Crippen LogP contribution < -0.4 is 0 Å². The molecule has 2 aromatic rings. The highest BCUT2D eigenvalue weighted by Crippen LogP contribution is 2.33. The Bertz CT molecular complexity index is 1080. The number of aryl methyl sites for hydroxylation is 3. The fourth-order valence-corrected chi connectivity index (χ4v) is 4.85. The van der Waals surface area contributed by atoms with Crippen LogP contribution >= 0.6 is 0 Å². The second-order valence-corrected chi connectivity index (χ2v) is 9.73. The second kappa shape index (κ2) is 11.6. The highest BCUT2D eigenvalue weighted by Gasteiger charge is 2.27. The van der Waals surface area contributed by atoms with E-state index in [1.54, 1.807) is 0 Å². The smallest absolute Gasteiger partial charge is 0.149 e. The van der Waals surface area contributed by atoms with Crippen LogP contribution in [0.2, 0.25) is 0 Å². The normalized spacial score (nSPS) is 16.6. The average Bonchev–Trinajstić information content (AvgIpc) is 3.24. The summed E-state index contributed by atoms with van der Waals surface area (Å²) in [7, 11) is 0. The Balaban J connectivity index is 1.55. The zero-order chi connectivity index (χ0) is 23.9. The van der Waals surface area contributed by atoms with Gasteiger partial charge in [0.2, 0.25) is 0 Å². The number of halogens is 1. The van der Waals surface area contributed by atoms with E-state index in [0.717, 1.165) is 67.7 Å². The summed E-state index contributed by atoms with van der Waals surface area (Å²) in [5.74, 6) is 0.524. The number of nitrogens with zero attached hydrogens (tertiary/aromatic N) is 2. The number of pyridine rings is 1. The first kappa shape index (κ1) is 24.4. The summed E-state index contributed by atoms with van der Waals surface area (Å²) in [5, 5.41) is 0. The van der Waals surface area contributed by atoms with Gasteiger partial charge in [-0.15, -0.1) is 6.58 Å². The van der Waals surface area contributed by atoms with Crippen molar-refractivity contribution in [2.24, 2.45) is 4.99 Å². The van der Waals surface area contributed by atoms with Gasteiger partial charge in [-0.25, -0.2) is 4.39 Å². The van der Waals surface area contributed by atoms with Gasteiger partial charge in [0.05, 0.1) is 24.6 Å². The van der Waals surface area contributed by atoms with Crippen molar-refractivity contribution in [2.75, 3.05) is 6.54 Å². The fraction of sp³-hybridized carbons (Fsp3) is 0.467. The molecule has 4 heteroatoms. The molecule has 0 unspecified atom stereocenters. The summed E-state index contributed by atoms with van der Waals surface area (Å²) in [6.07, 6.45) is 11.8. The predicted octanol–water partition coefficient (Wildman–Crippen LogP) is 7.44. The van der Waals surface area contributed by atoms with Crippen LogP contribution in [0.1, 0.15) is 81.2 Å². The van der Waals surface area contributed by atoms with E-state index in [4.69, 9.17) is 9.73 Å². The lowest BCUT2D eigenvalue weighted by Crippen LogP contribution is -2.20. The summed E-state index contributed by atoms with van der Waals surface area (Å²) in [5.41, 5.74) is 7.19. The molecule has 4 rings (SSSR count). The molecule has 2 heterocycles. The number of hydrogen-bond donors (Lipinski definition) is 0. The molecule has 0 N–H and O–H groups in total. The Morgan fingerprint density at radius 1 is 1.09 bits per heavy atom. The van der Waals surface area contributed by atoms with Crippen LogP contribution in [-0.4, -0.2) is 23.3 Å². The van der Waals surface area contributed by atoms with E-state index in [9.17, 15) is 4.39 Å². The van der Waals surface area contributed by atoms with Crippen LogP contribution in [0.15, 0.2) is 59.4 Å². The molecule has 0 atom stereocenters. The molecule has 2 aliphatic rings. The maximum Gasteiger partial charge on any atom is 0.149 e. The van der Waals surface area contributed by atoms with Crippen molar-refractivity contribution < 1.29 is 9.13 Å². The number of ether oxygens (including phenoxy) is 1. The molecule has 0 amide bonds. The second-order valence-electron chi connectivity index (χ2n) is 9.73. The standard InChI is InChI=1S/C30H37FN2O/c1-4-24-18-26(28(31)20-32-24)27-19-33-29(30(27)34-25-11-6-5-7-12-25)16-15-23-10-8-9-22(17-23)14-13-21(2)3/h8-10,17-18,20,25H,2,4-7,11-16,19H2,1,3H3. The van der Waals surface area contributed by atoms with Crippen molar-refractivity contribution in [3.63, 3.8) is 0 Å². The van der Waals surface area contributed by atoms with Crippen molar-refractivity contribution in [3.8, 4) is 0 Å². The summed E-state index contributed by atoms with van der Waals surface area (Å²) in [6, 6.07) is 10.7. The monoisotopic (exact) mass is 460 g/mol. The molecule has 1 aliphatic carbocycles. The Kier molecular flexibility index (Phi) is 8.31. The van der Waals surface area contributed by atoms with Gasteiger partial charge in [0.25, 0.3) is 0 Å². The predicted molar refractivity (Wildman–Crippen MR) is 139 cm³/mol. The fourth-order valence-electron chi connectivity index (χ4n) is 4.85. The largest absolute Gasteiger partial charge is 0.488 e. The number of rotatable bonds is 10. The van der Waals surface area contributed by atoms with Gasteiger partial charge >= 0.3 is 0 Å². The minimum absolute atomic E-state index is 0.197. The number of aromatic nitrogens is 1. The lowest BCUT2D eigenvalue weighted by molar-refractivity contribution is 0.0952. The molecule has 3 nitrogen and oxygen atoms in total. The first-order chi connectivity index (χ1) is 16.5. The van der Waals surface area contributed by atoms with Gasteiger partial charge in [-0.05, 0) is 81.9 Å². The Morgan fingerprint density at radius 3 is 2.59 bits per heavy atom. The van der Waals surface area contributed by atoms with Gasteiger partial charge in [-0.3, -0.25) is 9.98 Å². The lowest BCUT2D eigenvalue weighted by atomic mass is 9.96. The topological polar surface area (TPSA) is 34.5 Å². The summed E-state index contributed by atoms with van der Waals surface area (Å²) < 4.78 is 21.4. The molecule has 34 heavy (non-hydrogen) atoms. The van der Waals surface area contributed by atoms with E-state index < -0.39 is 0 Å². The van der Waals surface area contributed by atoms with Gasteiger partial charge in [0, 0.05) is 16.8 Å². The highest BCUT2D eigenvalue weighted by atomic mass is 19.1. The maximum absolute atomic E-state index is 14.9. The Labute approximate surface area is 203 Å². The van der Waals surface area contributed by atoms with Crippen LogP contribution in [0.3, 0.4) is 0 Å². The van der Waals surface area contributed by atoms with E-state index in [1.165, 1.54) is 42.2 Å². The van der Waals surface area contributed by atoms with E-state index in [2.05, 4.69) is 42.8 Å². The molecule has 0 bridgehead atoms. The van der Waals surface area contributed by atoms with Gasteiger partial charge in [0.1, 0.15) is 11.6 Å². The van der Waals surface area contributed by atoms with E-state index >= 15 is 0 Å². The lowest BCUT2D eigenvalue weighted by Gasteiger charge is -2.25. The first-order valence-corrected chi connectivity index (χ1v) is 12.8. The van der Waals surface area contributed by atoms with Crippen molar-refractivity contribution in [2.45, 2.75) is 84.2 Å². The van der Waals surface area contributed by atoms with E-state index in [-0.39, 0.29) is 11.9 Å². The minimum atomic E-state index is -0.293. The van der Waals surface area contributed by atoms with Crippen molar-refractivity contribution in [3.05, 3.63) is 82.6 Å². The Hall–Kier alpha value is -2.75. The zero-order valence-corrected chi connectivity index (χ0v) is 20.7. The van der Waals surface area contributed by atoms with Gasteiger partial charge in [-0.1, -0.05) is 43.2 Å². The molecular formula is C30H37FN2O. The first-order valence-electron chi connectivity index (χ1n) is 12.8. The van der Waals surface area contributed by atoms with Crippen molar-refractivity contribution in [1.82, 2.24) is 4.98 Å². The van der Waals surface area contributed by atoms with E-state index in [0.29, 0.717) is 12.1 Å². The minimum Gasteiger partial charge on any atom is -0.488 e. The molecule has 1 saturated carbocycles. The van der Waals surface area contributed by atoms with Gasteiger partial charge in [0.15, 0.2) is 0 Å². The van der Waals surface area contributed by atoms with Crippen LogP contribution in [0.5, 0.6) is 0 Å². The van der Waals surface area contributed by atoms with Crippen LogP contribution in [-0.2, 0) is 24.0 Å². The van der Waals surface area contributed by atoms with E-state index in [1.807, 2.05) is 13.0 Å². The third kappa shape index (κ3) is 6.22. The van der Waals surface area contributed by atoms with Crippen LogP contribution in [0.4, 0.5) is 4.39 Å². The number of allylic oxidation sites excluding steroid dienone is 2. The van der Waals surface area contributed by atoms with Crippen LogP contribution in [0.25, 0.3) is 5.57 Å². The summed E-state index contributed by atoms with van der Waals surface area (Å²) >= 11 is 0. The zero-order valence-electron chi connectivity index (χ0n) is 20.7. The molecule has 1 aromatic carbocycles. The summed E-state index contributed by atoms with van der Waals surface area (Å²) in [6.45, 7) is 8.61. The molecule has 0 saturated heterocycles. The molecular weight excluding hydrogens is 423 g/mol. The SMILES string of the molecule is C=C(C)CCc1cccc(CCC2=NCC(c3cc(CC)ncc3F)=C2OC2CCCCC2)c1. The molecule has 1 aromatic heterocycles. The third-order valence-corrected chi connectivity index (χ3v) is 6.88. The molecule has 1 fully saturated rings. The molecule has 180 valence electrons. The maximum atomic E-state index is 14.9. The molecule has 0 spiro atoms. The third-order valence-electron chi connectivity index (χ3n) is 6.88. The summed E-state index contributed by atoms with van der Waals surface area (Å²) in [4.78, 5) is 9.07. The number of aliphatic imine (C=N–C) groups is 1. The Morgan fingerprint density at radius 2 is 1.85 bits per heavy atom. The number of benzene rings is 1. The quantitative estimate of drug-likeness (QED) is 0.345. The van der Waals surface area contributed by atoms with Crippen molar-refractivity contribution >= 4 is 11.3 Å². The van der Waals surface area contributed by atoms with Gasteiger partial charge in [-0.2, -0.15) is 0 Å². The average molecular weight is 461 g/mol. The van der Waals surface area contributed by atoms with Crippen LogP contribution in [0, 0.1) is 5.82 Å².